The van der Waals surface area contributed by atoms with Crippen LogP contribution in [-0.2, 0) is 9.47 Å². The van der Waals surface area contributed by atoms with Gasteiger partial charge in [0, 0.05) is 13.1 Å². The average Bonchev–Trinajstić information content (AvgIpc) is 3.33. The van der Waals surface area contributed by atoms with Crippen LogP contribution in [0.2, 0.25) is 0 Å². The second-order valence-corrected chi connectivity index (χ2v) is 11.2. The van der Waals surface area contributed by atoms with Crippen molar-refractivity contribution in [2.45, 2.75) is 57.3 Å². The highest BCUT2D eigenvalue weighted by Gasteiger charge is 2.45. The van der Waals surface area contributed by atoms with Crippen molar-refractivity contribution in [3.63, 3.8) is 0 Å². The van der Waals surface area contributed by atoms with Gasteiger partial charge in [-0.3, -0.25) is 9.36 Å². The highest BCUT2D eigenvalue weighted by atomic mass is 19.1. The smallest absolute Gasteiger partial charge is 0.410 e. The second kappa shape index (κ2) is 10.6. The zero-order valence-electron chi connectivity index (χ0n) is 23.2. The summed E-state index contributed by atoms with van der Waals surface area (Å²) in [6.45, 7) is 6.69. The summed E-state index contributed by atoms with van der Waals surface area (Å²) < 4.78 is 52.9. The van der Waals surface area contributed by atoms with E-state index >= 15 is 0 Å². The fraction of sp³-hybridized carbons (Fsp3) is 0.448. The number of piperidine rings is 1. The number of carbonyl (C=O) groups excluding carboxylic acids is 1. The van der Waals surface area contributed by atoms with Gasteiger partial charge in [-0.25, -0.2) is 18.6 Å². The Balaban J connectivity index is 1.41. The van der Waals surface area contributed by atoms with Gasteiger partial charge >= 0.3 is 6.09 Å². The number of hydrogen-bond acceptors (Lipinski definition) is 8. The van der Waals surface area contributed by atoms with Crippen LogP contribution in [0.3, 0.4) is 0 Å². The monoisotopic (exact) mass is 568 g/mol. The van der Waals surface area contributed by atoms with Crippen LogP contribution in [0.25, 0.3) is 10.9 Å². The summed E-state index contributed by atoms with van der Waals surface area (Å²) in [7, 11) is 1.32. The Morgan fingerprint density at radius 2 is 1.85 bits per heavy atom. The van der Waals surface area contributed by atoms with Crippen molar-refractivity contribution < 1.29 is 32.5 Å². The van der Waals surface area contributed by atoms with E-state index in [-0.39, 0.29) is 35.6 Å². The highest BCUT2D eigenvalue weighted by molar-refractivity contribution is 5.87. The molecule has 5 rings (SSSR count). The highest BCUT2D eigenvalue weighted by Crippen LogP contribution is 2.42. The molecule has 2 aromatic carbocycles. The van der Waals surface area contributed by atoms with Crippen molar-refractivity contribution in [3.8, 4) is 23.3 Å². The molecule has 1 spiro atoms. The molecule has 0 saturated carbocycles. The number of carbonyl (C=O) groups is 1. The first-order valence-corrected chi connectivity index (χ1v) is 13.2. The number of rotatable bonds is 4. The number of amides is 1. The van der Waals surface area contributed by atoms with E-state index in [9.17, 15) is 23.6 Å². The Kier molecular flexibility index (Phi) is 7.33. The molecule has 10 nitrogen and oxygen atoms in total. The van der Waals surface area contributed by atoms with Crippen LogP contribution >= 0.6 is 0 Å². The number of aromatic nitrogens is 2. The largest absolute Gasteiger partial charge is 0.492 e. The minimum atomic E-state index is -0.945. The van der Waals surface area contributed by atoms with E-state index in [1.165, 1.54) is 30.1 Å². The first-order chi connectivity index (χ1) is 19.4. The number of fused-ring (bicyclic) bond motifs is 1. The van der Waals surface area contributed by atoms with Gasteiger partial charge < -0.3 is 23.8 Å². The molecule has 216 valence electrons. The molecule has 0 aliphatic carbocycles. The lowest BCUT2D eigenvalue weighted by Crippen LogP contribution is -2.48. The molecule has 3 aromatic rings. The first-order valence-electron chi connectivity index (χ1n) is 13.2. The molecule has 2 saturated heterocycles. The van der Waals surface area contributed by atoms with Crippen LogP contribution in [0, 0.1) is 23.0 Å². The minimum Gasteiger partial charge on any atom is -0.492 e. The number of likely N-dealkylation sites (tertiary alicyclic amines) is 1. The SMILES string of the molecule is COc1c(Oc2c(F)ccc(F)c2C#N)ccc2ncn([C@H]3COC4(CCN(C(=O)OC(C)(C)C)CC4)C3)c(=O)c12. The molecule has 1 aromatic heterocycles. The lowest BCUT2D eigenvalue weighted by atomic mass is 9.87. The van der Waals surface area contributed by atoms with Crippen molar-refractivity contribution in [2.24, 2.45) is 0 Å². The predicted molar refractivity (Wildman–Crippen MR) is 143 cm³/mol. The van der Waals surface area contributed by atoms with E-state index < -0.39 is 39.7 Å². The van der Waals surface area contributed by atoms with Crippen molar-refractivity contribution >= 4 is 17.0 Å². The third kappa shape index (κ3) is 5.41. The van der Waals surface area contributed by atoms with Crippen LogP contribution in [0.15, 0.2) is 35.4 Å². The van der Waals surface area contributed by atoms with Crippen LogP contribution in [0.5, 0.6) is 17.2 Å². The van der Waals surface area contributed by atoms with Gasteiger partial charge in [-0.1, -0.05) is 0 Å². The number of nitrogens with zero attached hydrogens (tertiary/aromatic N) is 4. The fourth-order valence-corrected chi connectivity index (χ4v) is 5.33. The summed E-state index contributed by atoms with van der Waals surface area (Å²) in [6.07, 6.45) is 2.83. The summed E-state index contributed by atoms with van der Waals surface area (Å²) in [5.41, 5.74) is -1.79. The molecule has 1 atom stereocenters. The Bertz CT molecular complexity index is 1600. The van der Waals surface area contributed by atoms with Crippen molar-refractivity contribution in [1.82, 2.24) is 14.5 Å². The van der Waals surface area contributed by atoms with Gasteiger partial charge in [0.05, 0.1) is 37.2 Å². The topological polar surface area (TPSA) is 116 Å². The number of nitriles is 1. The Morgan fingerprint density at radius 3 is 2.51 bits per heavy atom. The number of hydrogen-bond donors (Lipinski definition) is 0. The van der Waals surface area contributed by atoms with Crippen molar-refractivity contribution in [1.29, 1.82) is 5.26 Å². The lowest BCUT2D eigenvalue weighted by Gasteiger charge is -2.39. The third-order valence-corrected chi connectivity index (χ3v) is 7.37. The average molecular weight is 569 g/mol. The second-order valence-electron chi connectivity index (χ2n) is 11.2. The first kappa shape index (κ1) is 28.3. The molecular formula is C29H30F2N4O6. The van der Waals surface area contributed by atoms with Gasteiger partial charge in [0.2, 0.25) is 0 Å². The standard InChI is InChI=1S/C29H30F2N4O6/c1-28(2,3)41-27(37)34-11-9-29(10-12-34)13-17(15-39-29)35-16-33-21-7-8-22(25(38-4)23(21)26(35)36)40-24-18(14-32)19(30)5-6-20(24)31/h5-8,16-17H,9-13,15H2,1-4H3/t17-/m1/s1. The summed E-state index contributed by atoms with van der Waals surface area (Å²) in [5, 5.41) is 9.41. The van der Waals surface area contributed by atoms with Gasteiger partial charge in [-0.15, -0.1) is 0 Å². The summed E-state index contributed by atoms with van der Waals surface area (Å²) in [6, 6.07) is 5.87. The molecule has 0 unspecified atom stereocenters. The Labute approximate surface area is 235 Å². The van der Waals surface area contributed by atoms with Crippen LogP contribution < -0.4 is 15.0 Å². The number of methoxy groups -OCH3 is 1. The van der Waals surface area contributed by atoms with Gasteiger partial charge in [0.25, 0.3) is 5.56 Å². The van der Waals surface area contributed by atoms with Crippen LogP contribution in [-0.4, -0.2) is 58.6 Å². The molecule has 3 heterocycles. The maximum absolute atomic E-state index is 14.5. The summed E-state index contributed by atoms with van der Waals surface area (Å²) >= 11 is 0. The van der Waals surface area contributed by atoms with Gasteiger partial charge in [-0.05, 0) is 64.3 Å². The van der Waals surface area contributed by atoms with E-state index in [0.29, 0.717) is 37.9 Å². The Hall–Kier alpha value is -4.24. The van der Waals surface area contributed by atoms with E-state index in [0.717, 1.165) is 12.1 Å². The van der Waals surface area contributed by atoms with Crippen molar-refractivity contribution in [3.05, 3.63) is 58.1 Å². The molecule has 12 heteroatoms. The summed E-state index contributed by atoms with van der Waals surface area (Å²) in [4.78, 5) is 32.3. The van der Waals surface area contributed by atoms with Gasteiger partial charge in [0.15, 0.2) is 23.1 Å². The van der Waals surface area contributed by atoms with Crippen molar-refractivity contribution in [2.75, 3.05) is 26.8 Å². The number of ether oxygens (including phenoxy) is 4. The molecule has 2 fully saturated rings. The predicted octanol–water partition coefficient (Wildman–Crippen LogP) is 5.08. The van der Waals surface area contributed by atoms with Crippen LogP contribution in [0.4, 0.5) is 13.6 Å². The molecular weight excluding hydrogens is 538 g/mol. The maximum Gasteiger partial charge on any atom is 0.410 e. The molecule has 41 heavy (non-hydrogen) atoms. The number of benzene rings is 2. The normalized spacial score (nSPS) is 18.4. The van der Waals surface area contributed by atoms with Gasteiger partial charge in [0.1, 0.15) is 28.4 Å². The molecule has 2 aliphatic rings. The molecule has 1 amide bonds. The summed E-state index contributed by atoms with van der Waals surface area (Å²) in [5.74, 6) is -2.61. The fourth-order valence-electron chi connectivity index (χ4n) is 5.33. The minimum absolute atomic E-state index is 0.0267. The lowest BCUT2D eigenvalue weighted by molar-refractivity contribution is -0.0486. The van der Waals surface area contributed by atoms with E-state index in [1.54, 1.807) is 11.0 Å². The van der Waals surface area contributed by atoms with Gasteiger partial charge in [-0.2, -0.15) is 5.26 Å². The van der Waals surface area contributed by atoms with E-state index in [2.05, 4.69) is 4.98 Å². The zero-order valence-corrected chi connectivity index (χ0v) is 23.2. The molecule has 0 radical (unpaired) electrons. The van der Waals surface area contributed by atoms with E-state index in [1.807, 2.05) is 20.8 Å². The third-order valence-electron chi connectivity index (χ3n) is 7.37. The zero-order chi connectivity index (χ0) is 29.5. The Morgan fingerprint density at radius 1 is 1.15 bits per heavy atom. The van der Waals surface area contributed by atoms with E-state index in [4.69, 9.17) is 18.9 Å². The quantitative estimate of drug-likeness (QED) is 0.428. The molecule has 0 N–H and O–H groups in total. The molecule has 2 aliphatic heterocycles. The van der Waals surface area contributed by atoms with Crippen LogP contribution in [0.1, 0.15) is 51.6 Å². The molecule has 0 bridgehead atoms. The number of halogens is 2. The maximum atomic E-state index is 14.5.